The second-order valence-electron chi connectivity index (χ2n) is 6.01. The number of carbonyl (C=O) groups is 1. The lowest BCUT2D eigenvalue weighted by atomic mass is 10.1. The van der Waals surface area contributed by atoms with Crippen LogP contribution in [0.3, 0.4) is 0 Å². The zero-order chi connectivity index (χ0) is 15.5. The molecule has 5 heteroatoms. The van der Waals surface area contributed by atoms with Gasteiger partial charge in [-0.1, -0.05) is 12.1 Å². The minimum atomic E-state index is 0.0120. The average Bonchev–Trinajstić information content (AvgIpc) is 2.97. The van der Waals surface area contributed by atoms with E-state index in [4.69, 9.17) is 0 Å². The summed E-state index contributed by atoms with van der Waals surface area (Å²) in [6.07, 6.45) is 5.52. The molecule has 1 fully saturated rings. The van der Waals surface area contributed by atoms with Gasteiger partial charge in [0, 0.05) is 50.9 Å². The molecule has 1 aromatic heterocycles. The first-order valence-corrected chi connectivity index (χ1v) is 8.07. The normalized spacial score (nSPS) is 18.0. The summed E-state index contributed by atoms with van der Waals surface area (Å²) < 4.78 is 1.78. The summed E-state index contributed by atoms with van der Waals surface area (Å²) in [6, 6.07) is 3.70. The first kappa shape index (κ1) is 14.9. The topological polar surface area (TPSA) is 45.6 Å². The number of hydrogen-bond acceptors (Lipinski definition) is 2. The molecule has 0 aliphatic carbocycles. The Morgan fingerprint density at radius 1 is 1.09 bits per heavy atom. The highest BCUT2D eigenvalue weighted by Gasteiger charge is 2.26. The molecule has 3 rings (SSSR count). The van der Waals surface area contributed by atoms with Crippen LogP contribution in [0.5, 0.6) is 0 Å². The highest BCUT2D eigenvalue weighted by Crippen LogP contribution is 2.17. The molecule has 0 N–H and O–H groups in total. The summed E-state index contributed by atoms with van der Waals surface area (Å²) in [6.45, 7) is 7.43. The summed E-state index contributed by atoms with van der Waals surface area (Å²) in [4.78, 5) is 28.5. The Kier molecular flexibility index (Phi) is 4.32. The van der Waals surface area contributed by atoms with Gasteiger partial charge in [0.2, 0.25) is 0 Å². The quantitative estimate of drug-likeness (QED) is 0.780. The molecule has 22 heavy (non-hydrogen) atoms. The number of hydrogen-bond donors (Lipinski definition) is 0. The number of fused-ring (bicyclic) bond motifs is 1. The number of rotatable bonds is 2. The van der Waals surface area contributed by atoms with Crippen LogP contribution in [-0.4, -0.2) is 46.6 Å². The van der Waals surface area contributed by atoms with Gasteiger partial charge in [0.1, 0.15) is 0 Å². The average molecular weight is 301 g/mol. The Labute approximate surface area is 130 Å². The molecule has 5 nitrogen and oxygen atoms in total. The smallest absolute Gasteiger partial charge is 0.320 e. The number of carbonyl (C=O) groups excluding carboxylic acids is 1. The van der Waals surface area contributed by atoms with Crippen molar-refractivity contribution in [1.29, 1.82) is 0 Å². The predicted molar refractivity (Wildman–Crippen MR) is 86.1 cm³/mol. The summed E-state index contributed by atoms with van der Waals surface area (Å²) in [5, 5.41) is 0. The van der Waals surface area contributed by atoms with E-state index in [1.165, 1.54) is 5.56 Å². The lowest BCUT2D eigenvalue weighted by molar-refractivity contribution is 0.164. The van der Waals surface area contributed by atoms with Crippen LogP contribution in [0.15, 0.2) is 29.6 Å². The van der Waals surface area contributed by atoms with Gasteiger partial charge in [-0.3, -0.25) is 4.79 Å². The summed E-state index contributed by atoms with van der Waals surface area (Å²) >= 11 is 0. The van der Waals surface area contributed by atoms with Crippen LogP contribution in [0, 0.1) is 0 Å². The molecule has 0 atom stereocenters. The number of allylic oxidation sites excluding steroid dienone is 1. The van der Waals surface area contributed by atoms with Gasteiger partial charge in [-0.15, -0.1) is 6.58 Å². The van der Waals surface area contributed by atoms with Gasteiger partial charge in [0.15, 0.2) is 0 Å². The molecule has 1 saturated heterocycles. The van der Waals surface area contributed by atoms with Crippen LogP contribution in [0.25, 0.3) is 0 Å². The molecular formula is C17H23N3O2. The molecule has 3 heterocycles. The Morgan fingerprint density at radius 3 is 2.50 bits per heavy atom. The van der Waals surface area contributed by atoms with Crippen LogP contribution >= 0.6 is 0 Å². The van der Waals surface area contributed by atoms with Gasteiger partial charge in [0.25, 0.3) is 5.56 Å². The van der Waals surface area contributed by atoms with E-state index in [1.807, 2.05) is 15.9 Å². The van der Waals surface area contributed by atoms with Gasteiger partial charge in [-0.25, -0.2) is 4.79 Å². The minimum Gasteiger partial charge on any atom is -0.325 e. The maximum Gasteiger partial charge on any atom is 0.320 e. The van der Waals surface area contributed by atoms with Crippen molar-refractivity contribution in [3.63, 3.8) is 0 Å². The second-order valence-corrected chi connectivity index (χ2v) is 6.01. The maximum absolute atomic E-state index is 12.5. The molecule has 0 radical (unpaired) electrons. The first-order valence-electron chi connectivity index (χ1n) is 8.07. The van der Waals surface area contributed by atoms with Crippen molar-refractivity contribution in [2.45, 2.75) is 32.2 Å². The molecule has 2 amide bonds. The minimum absolute atomic E-state index is 0.0120. The van der Waals surface area contributed by atoms with Gasteiger partial charge >= 0.3 is 6.03 Å². The highest BCUT2D eigenvalue weighted by molar-refractivity contribution is 5.74. The third-order valence-corrected chi connectivity index (χ3v) is 4.62. The van der Waals surface area contributed by atoms with Gasteiger partial charge in [0.05, 0.1) is 0 Å². The van der Waals surface area contributed by atoms with E-state index in [-0.39, 0.29) is 11.6 Å². The Hall–Kier alpha value is -2.04. The van der Waals surface area contributed by atoms with Gasteiger partial charge in [-0.05, 0) is 24.8 Å². The highest BCUT2D eigenvalue weighted by atomic mass is 16.2. The van der Waals surface area contributed by atoms with Gasteiger partial charge < -0.3 is 14.4 Å². The monoisotopic (exact) mass is 301 g/mol. The van der Waals surface area contributed by atoms with E-state index in [9.17, 15) is 9.59 Å². The summed E-state index contributed by atoms with van der Waals surface area (Å²) in [7, 11) is 0. The standard InChI is InChI=1S/C17H23N3O2/c1-2-9-20-15-8-13-19(17(22)18-10-3-4-11-18)12-7-14(15)5-6-16(20)21/h2,5-6H,1,3-4,7-13H2. The molecule has 2 aliphatic rings. The van der Waals surface area contributed by atoms with E-state index in [2.05, 4.69) is 6.58 Å². The number of amides is 2. The number of likely N-dealkylation sites (tertiary alicyclic amines) is 1. The summed E-state index contributed by atoms with van der Waals surface area (Å²) in [5.41, 5.74) is 2.25. The molecule has 0 spiro atoms. The number of aromatic nitrogens is 1. The van der Waals surface area contributed by atoms with Crippen LogP contribution in [0.2, 0.25) is 0 Å². The third-order valence-electron chi connectivity index (χ3n) is 4.62. The van der Waals surface area contributed by atoms with Crippen molar-refractivity contribution >= 4 is 6.03 Å². The van der Waals surface area contributed by atoms with E-state index in [0.29, 0.717) is 13.1 Å². The molecule has 0 saturated carbocycles. The first-order chi connectivity index (χ1) is 10.7. The molecule has 0 bridgehead atoms. The SMILES string of the molecule is C=CCn1c2c(ccc1=O)CCN(C(=O)N1CCCC1)CC2. The van der Waals surface area contributed by atoms with Crippen molar-refractivity contribution in [2.75, 3.05) is 26.2 Å². The summed E-state index contributed by atoms with van der Waals surface area (Å²) in [5.74, 6) is 0. The van der Waals surface area contributed by atoms with Crippen molar-refractivity contribution < 1.29 is 4.79 Å². The Balaban J connectivity index is 1.80. The molecule has 1 aromatic rings. The van der Waals surface area contributed by atoms with Crippen LogP contribution in [-0.2, 0) is 19.4 Å². The Bertz CT molecular complexity index is 629. The lowest BCUT2D eigenvalue weighted by Gasteiger charge is -2.26. The lowest BCUT2D eigenvalue weighted by Crippen LogP contribution is -2.43. The zero-order valence-electron chi connectivity index (χ0n) is 13.0. The molecule has 0 aromatic carbocycles. The van der Waals surface area contributed by atoms with Crippen LogP contribution < -0.4 is 5.56 Å². The van der Waals surface area contributed by atoms with Crippen molar-refractivity contribution in [2.24, 2.45) is 0 Å². The molecule has 0 unspecified atom stereocenters. The fraction of sp³-hybridized carbons (Fsp3) is 0.529. The third kappa shape index (κ3) is 2.80. The van der Waals surface area contributed by atoms with Crippen LogP contribution in [0.1, 0.15) is 24.1 Å². The van der Waals surface area contributed by atoms with Crippen molar-refractivity contribution in [3.8, 4) is 0 Å². The number of pyridine rings is 1. The number of urea groups is 1. The number of nitrogens with zero attached hydrogens (tertiary/aromatic N) is 3. The Morgan fingerprint density at radius 2 is 1.77 bits per heavy atom. The zero-order valence-corrected chi connectivity index (χ0v) is 13.0. The molecule has 2 aliphatic heterocycles. The second kappa shape index (κ2) is 6.38. The van der Waals surface area contributed by atoms with Crippen LogP contribution in [0.4, 0.5) is 4.79 Å². The molecule has 118 valence electrons. The van der Waals surface area contributed by atoms with E-state index >= 15 is 0 Å². The molecular weight excluding hydrogens is 278 g/mol. The maximum atomic E-state index is 12.5. The van der Waals surface area contributed by atoms with Gasteiger partial charge in [-0.2, -0.15) is 0 Å². The van der Waals surface area contributed by atoms with E-state index < -0.39 is 0 Å². The predicted octanol–water partition coefficient (Wildman–Crippen LogP) is 1.65. The van der Waals surface area contributed by atoms with Crippen molar-refractivity contribution in [1.82, 2.24) is 14.4 Å². The fourth-order valence-corrected chi connectivity index (χ4v) is 3.42. The van der Waals surface area contributed by atoms with E-state index in [0.717, 1.165) is 51.0 Å². The largest absolute Gasteiger partial charge is 0.325 e. The van der Waals surface area contributed by atoms with E-state index in [1.54, 1.807) is 16.7 Å². The van der Waals surface area contributed by atoms with Crippen molar-refractivity contribution in [3.05, 3.63) is 46.4 Å². The fourth-order valence-electron chi connectivity index (χ4n) is 3.42.